The first-order valence-corrected chi connectivity index (χ1v) is 6.91. The zero-order valence-electron chi connectivity index (χ0n) is 11.2. The van der Waals surface area contributed by atoms with Gasteiger partial charge < -0.3 is 8.83 Å². The van der Waals surface area contributed by atoms with Gasteiger partial charge in [-0.25, -0.2) is 0 Å². The third-order valence-corrected chi connectivity index (χ3v) is 4.22. The molecule has 4 rings (SSSR count). The molecule has 0 amide bonds. The van der Waals surface area contributed by atoms with Crippen molar-refractivity contribution in [1.29, 1.82) is 0 Å². The van der Waals surface area contributed by atoms with Crippen LogP contribution in [0.15, 0.2) is 45.2 Å². The molecule has 2 aromatic carbocycles. The lowest BCUT2D eigenvalue weighted by atomic mass is 10.0. The first kappa shape index (κ1) is 11.7. The predicted molar refractivity (Wildman–Crippen MR) is 83.8 cm³/mol. The Morgan fingerprint density at radius 2 is 1.50 bits per heavy atom. The van der Waals surface area contributed by atoms with Crippen molar-refractivity contribution in [2.24, 2.45) is 0 Å². The minimum absolute atomic E-state index is 0.521. The number of rotatable bonds is 0. The lowest BCUT2D eigenvalue weighted by Crippen LogP contribution is -1.80. The summed E-state index contributed by atoms with van der Waals surface area (Å²) in [5.41, 5.74) is 2.80. The SMILES string of the molecule is Cc1oc2cc3oc(=S)c4ccccc4c3cc2c1C. The van der Waals surface area contributed by atoms with Gasteiger partial charge in [0, 0.05) is 22.2 Å². The fourth-order valence-electron chi connectivity index (χ4n) is 2.72. The molecule has 0 atom stereocenters. The Morgan fingerprint density at radius 1 is 0.800 bits per heavy atom. The number of fused-ring (bicyclic) bond motifs is 4. The van der Waals surface area contributed by atoms with Crippen molar-refractivity contribution in [1.82, 2.24) is 0 Å². The van der Waals surface area contributed by atoms with Crippen LogP contribution in [-0.4, -0.2) is 0 Å². The highest BCUT2D eigenvalue weighted by atomic mass is 32.1. The molecule has 0 aliphatic rings. The third kappa shape index (κ3) is 1.47. The molecule has 98 valence electrons. The van der Waals surface area contributed by atoms with E-state index < -0.39 is 0 Å². The summed E-state index contributed by atoms with van der Waals surface area (Å²) >= 11 is 5.34. The summed E-state index contributed by atoms with van der Waals surface area (Å²) in [4.78, 5) is 0. The maximum atomic E-state index is 5.79. The van der Waals surface area contributed by atoms with Crippen LogP contribution in [0.5, 0.6) is 0 Å². The van der Waals surface area contributed by atoms with Crippen molar-refractivity contribution < 1.29 is 8.83 Å². The minimum atomic E-state index is 0.521. The van der Waals surface area contributed by atoms with E-state index in [0.29, 0.717) is 4.71 Å². The zero-order chi connectivity index (χ0) is 13.9. The van der Waals surface area contributed by atoms with E-state index in [1.54, 1.807) is 0 Å². The Bertz CT molecular complexity index is 1040. The quantitative estimate of drug-likeness (QED) is 0.306. The van der Waals surface area contributed by atoms with Crippen molar-refractivity contribution in [2.75, 3.05) is 0 Å². The molecule has 2 heterocycles. The Morgan fingerprint density at radius 3 is 2.30 bits per heavy atom. The lowest BCUT2D eigenvalue weighted by molar-refractivity contribution is 0.570. The van der Waals surface area contributed by atoms with Crippen LogP contribution in [0, 0.1) is 18.6 Å². The molecule has 0 fully saturated rings. The monoisotopic (exact) mass is 280 g/mol. The second-order valence-corrected chi connectivity index (χ2v) is 5.43. The summed E-state index contributed by atoms with van der Waals surface area (Å²) in [5, 5.41) is 4.31. The van der Waals surface area contributed by atoms with Gasteiger partial charge in [-0.05, 0) is 49.1 Å². The molecule has 0 saturated heterocycles. The average Bonchev–Trinajstić information content (AvgIpc) is 2.72. The number of hydrogen-bond donors (Lipinski definition) is 0. The van der Waals surface area contributed by atoms with E-state index in [2.05, 4.69) is 19.1 Å². The second-order valence-electron chi connectivity index (χ2n) is 5.06. The summed E-state index contributed by atoms with van der Waals surface area (Å²) in [5.74, 6) is 0.943. The highest BCUT2D eigenvalue weighted by molar-refractivity contribution is 7.71. The van der Waals surface area contributed by atoms with Crippen molar-refractivity contribution >= 4 is 44.9 Å². The molecule has 0 aliphatic carbocycles. The Kier molecular flexibility index (Phi) is 2.30. The standard InChI is InChI=1S/C17H12O2S/c1-9-10(2)18-15-8-16-14(7-13(9)15)11-5-3-4-6-12(11)17(20)19-16/h3-8H,1-2H3. The number of benzene rings is 2. The van der Waals surface area contributed by atoms with Crippen LogP contribution in [0.1, 0.15) is 11.3 Å². The molecular formula is C17H12O2S. The van der Waals surface area contributed by atoms with Crippen molar-refractivity contribution in [3.63, 3.8) is 0 Å². The Labute approximate surface area is 120 Å². The lowest BCUT2D eigenvalue weighted by Gasteiger charge is -2.03. The molecule has 4 aromatic rings. The second kappa shape index (κ2) is 3.93. The van der Waals surface area contributed by atoms with Crippen LogP contribution in [0.4, 0.5) is 0 Å². The summed E-state index contributed by atoms with van der Waals surface area (Å²) in [6.45, 7) is 4.06. The normalized spacial score (nSPS) is 11.7. The molecule has 0 bridgehead atoms. The molecule has 0 radical (unpaired) electrons. The molecular weight excluding hydrogens is 268 g/mol. The Hall–Kier alpha value is -2.13. The Balaban J connectivity index is 2.32. The first-order valence-electron chi connectivity index (χ1n) is 6.50. The van der Waals surface area contributed by atoms with E-state index >= 15 is 0 Å². The summed E-state index contributed by atoms with van der Waals surface area (Å²) in [6, 6.07) is 12.2. The predicted octanol–water partition coefficient (Wildman–Crippen LogP) is 5.68. The van der Waals surface area contributed by atoms with Gasteiger partial charge in [-0.1, -0.05) is 18.2 Å². The summed E-state index contributed by atoms with van der Waals surface area (Å²) < 4.78 is 12.1. The maximum Gasteiger partial charge on any atom is 0.198 e. The van der Waals surface area contributed by atoms with Crippen LogP contribution in [0.2, 0.25) is 0 Å². The average molecular weight is 280 g/mol. The topological polar surface area (TPSA) is 26.3 Å². The van der Waals surface area contributed by atoms with Crippen molar-refractivity contribution in [3.8, 4) is 0 Å². The van der Waals surface area contributed by atoms with Gasteiger partial charge in [-0.3, -0.25) is 0 Å². The van der Waals surface area contributed by atoms with Gasteiger partial charge in [0.05, 0.1) is 0 Å². The van der Waals surface area contributed by atoms with Gasteiger partial charge in [0.2, 0.25) is 0 Å². The molecule has 20 heavy (non-hydrogen) atoms. The van der Waals surface area contributed by atoms with E-state index in [1.165, 1.54) is 5.56 Å². The van der Waals surface area contributed by atoms with E-state index in [4.69, 9.17) is 21.1 Å². The summed E-state index contributed by atoms with van der Waals surface area (Å²) in [6.07, 6.45) is 0. The minimum Gasteiger partial charge on any atom is -0.461 e. The van der Waals surface area contributed by atoms with Gasteiger partial charge in [-0.15, -0.1) is 0 Å². The van der Waals surface area contributed by atoms with Crippen LogP contribution in [0.3, 0.4) is 0 Å². The third-order valence-electron chi connectivity index (χ3n) is 3.92. The van der Waals surface area contributed by atoms with Gasteiger partial charge in [0.25, 0.3) is 0 Å². The molecule has 0 aliphatic heterocycles. The largest absolute Gasteiger partial charge is 0.461 e. The van der Waals surface area contributed by atoms with Crippen LogP contribution >= 0.6 is 12.2 Å². The molecule has 2 aromatic heterocycles. The zero-order valence-corrected chi connectivity index (χ0v) is 12.0. The fourth-order valence-corrected chi connectivity index (χ4v) is 2.98. The van der Waals surface area contributed by atoms with Crippen molar-refractivity contribution in [3.05, 3.63) is 52.4 Å². The van der Waals surface area contributed by atoms with Crippen LogP contribution in [0.25, 0.3) is 32.7 Å². The van der Waals surface area contributed by atoms with E-state index in [1.807, 2.05) is 31.2 Å². The fraction of sp³-hybridized carbons (Fsp3) is 0.118. The molecule has 3 heteroatoms. The van der Waals surface area contributed by atoms with Crippen LogP contribution < -0.4 is 0 Å². The highest BCUT2D eigenvalue weighted by Crippen LogP contribution is 2.33. The van der Waals surface area contributed by atoms with E-state index in [-0.39, 0.29) is 0 Å². The van der Waals surface area contributed by atoms with E-state index in [9.17, 15) is 0 Å². The molecule has 0 spiro atoms. The van der Waals surface area contributed by atoms with Crippen LogP contribution in [-0.2, 0) is 0 Å². The van der Waals surface area contributed by atoms with Gasteiger partial charge in [0.1, 0.15) is 16.9 Å². The highest BCUT2D eigenvalue weighted by Gasteiger charge is 2.11. The van der Waals surface area contributed by atoms with E-state index in [0.717, 1.165) is 38.5 Å². The maximum absolute atomic E-state index is 5.79. The van der Waals surface area contributed by atoms with Gasteiger partial charge in [0.15, 0.2) is 4.71 Å². The number of furan rings is 1. The van der Waals surface area contributed by atoms with Crippen molar-refractivity contribution in [2.45, 2.75) is 13.8 Å². The number of hydrogen-bond acceptors (Lipinski definition) is 3. The van der Waals surface area contributed by atoms with Gasteiger partial charge >= 0.3 is 0 Å². The molecule has 2 nitrogen and oxygen atoms in total. The number of aryl methyl sites for hydroxylation is 2. The summed E-state index contributed by atoms with van der Waals surface area (Å²) in [7, 11) is 0. The smallest absolute Gasteiger partial charge is 0.198 e. The molecule has 0 N–H and O–H groups in total. The van der Waals surface area contributed by atoms with Gasteiger partial charge in [-0.2, -0.15) is 0 Å². The molecule has 0 saturated carbocycles. The molecule has 0 unspecified atom stereocenters. The first-order chi connectivity index (χ1) is 9.65.